The van der Waals surface area contributed by atoms with Crippen LogP contribution in [0.1, 0.15) is 48.4 Å². The van der Waals surface area contributed by atoms with Crippen LogP contribution in [-0.2, 0) is 11.3 Å². The number of hydrogen-bond acceptors (Lipinski definition) is 6. The van der Waals surface area contributed by atoms with Crippen molar-refractivity contribution in [3.63, 3.8) is 0 Å². The molecule has 1 saturated carbocycles. The van der Waals surface area contributed by atoms with Crippen molar-refractivity contribution in [3.05, 3.63) is 35.4 Å². The minimum Gasteiger partial charge on any atom is -0.486 e. The zero-order chi connectivity index (χ0) is 17.5. The molecule has 5 rings (SSSR count). The summed E-state index contributed by atoms with van der Waals surface area (Å²) in [6.07, 6.45) is 3.54. The van der Waals surface area contributed by atoms with E-state index in [2.05, 4.69) is 21.2 Å². The summed E-state index contributed by atoms with van der Waals surface area (Å²) < 4.78 is 17.3. The predicted molar refractivity (Wildman–Crippen MR) is 94.4 cm³/mol. The van der Waals surface area contributed by atoms with Gasteiger partial charge in [0.15, 0.2) is 17.3 Å². The maximum atomic E-state index is 5.88. The minimum absolute atomic E-state index is 0.181. The Kier molecular flexibility index (Phi) is 4.05. The largest absolute Gasteiger partial charge is 0.486 e. The number of ether oxygens (including phenoxy) is 3. The molecule has 0 radical (unpaired) electrons. The summed E-state index contributed by atoms with van der Waals surface area (Å²) in [5.74, 6) is 4.18. The van der Waals surface area contributed by atoms with Crippen LogP contribution < -0.4 is 9.47 Å². The Bertz CT molecular complexity index is 789. The summed E-state index contributed by atoms with van der Waals surface area (Å²) in [6.45, 7) is 2.85. The van der Waals surface area contributed by atoms with Crippen molar-refractivity contribution in [1.82, 2.24) is 20.1 Å². The SMILES string of the molecule is CO[C@@H]1C[C@@H](c2nc(C3CC3)n[nH]2)N(Cc2cccc3c2OCCO3)C1. The summed E-state index contributed by atoms with van der Waals surface area (Å²) in [4.78, 5) is 7.18. The number of methoxy groups -OCH3 is 1. The van der Waals surface area contributed by atoms with Gasteiger partial charge < -0.3 is 14.2 Å². The van der Waals surface area contributed by atoms with Gasteiger partial charge in [0.1, 0.15) is 19.0 Å². The Balaban J connectivity index is 1.40. The molecule has 7 heteroatoms. The second-order valence-corrected chi connectivity index (χ2v) is 7.33. The lowest BCUT2D eigenvalue weighted by Gasteiger charge is -2.26. The van der Waals surface area contributed by atoms with Crippen molar-refractivity contribution in [2.24, 2.45) is 0 Å². The van der Waals surface area contributed by atoms with Crippen LogP contribution in [-0.4, -0.2) is 53.1 Å². The molecular formula is C19H24N4O3. The van der Waals surface area contributed by atoms with E-state index in [1.54, 1.807) is 7.11 Å². The average molecular weight is 356 g/mol. The summed E-state index contributed by atoms with van der Waals surface area (Å²) in [5.41, 5.74) is 1.14. The lowest BCUT2D eigenvalue weighted by molar-refractivity contribution is 0.106. The van der Waals surface area contributed by atoms with Gasteiger partial charge >= 0.3 is 0 Å². The molecule has 1 N–H and O–H groups in total. The number of nitrogens with one attached hydrogen (secondary N) is 1. The van der Waals surface area contributed by atoms with Crippen molar-refractivity contribution in [1.29, 1.82) is 0 Å². The van der Waals surface area contributed by atoms with Crippen LogP contribution in [0, 0.1) is 0 Å². The maximum Gasteiger partial charge on any atom is 0.165 e. The lowest BCUT2D eigenvalue weighted by Crippen LogP contribution is -2.26. The van der Waals surface area contributed by atoms with Crippen molar-refractivity contribution in [2.45, 2.75) is 43.9 Å². The van der Waals surface area contributed by atoms with E-state index in [0.29, 0.717) is 19.1 Å². The van der Waals surface area contributed by atoms with Crippen molar-refractivity contribution in [3.8, 4) is 11.5 Å². The zero-order valence-electron chi connectivity index (χ0n) is 15.0. The van der Waals surface area contributed by atoms with E-state index in [4.69, 9.17) is 19.2 Å². The van der Waals surface area contributed by atoms with Crippen molar-refractivity contribution in [2.75, 3.05) is 26.9 Å². The first-order chi connectivity index (χ1) is 12.8. The summed E-state index contributed by atoms with van der Waals surface area (Å²) in [6, 6.07) is 6.29. The van der Waals surface area contributed by atoms with Crippen LogP contribution in [0.15, 0.2) is 18.2 Å². The fourth-order valence-electron chi connectivity index (χ4n) is 3.93. The number of benzene rings is 1. The molecule has 0 amide bonds. The molecule has 3 aliphatic rings. The number of H-pyrrole nitrogens is 1. The number of fused-ring (bicyclic) bond motifs is 1. The molecule has 1 aromatic carbocycles. The van der Waals surface area contributed by atoms with Crippen molar-refractivity contribution >= 4 is 0 Å². The quantitative estimate of drug-likeness (QED) is 0.887. The predicted octanol–water partition coefficient (Wildman–Crippen LogP) is 2.42. The standard InChI is InChI=1S/C19H24N4O3/c1-24-14-9-15(19-20-18(21-22-19)12-5-6-12)23(11-14)10-13-3-2-4-16-17(13)26-8-7-25-16/h2-4,12,14-15H,5-11H2,1H3,(H,20,21,22)/t14-,15+/m1/s1. The maximum absolute atomic E-state index is 5.88. The molecule has 7 nitrogen and oxygen atoms in total. The van der Waals surface area contributed by atoms with Crippen LogP contribution in [0.25, 0.3) is 0 Å². The van der Waals surface area contributed by atoms with Gasteiger partial charge in [-0.2, -0.15) is 5.10 Å². The van der Waals surface area contributed by atoms with Gasteiger partial charge in [0, 0.05) is 31.7 Å². The zero-order valence-corrected chi connectivity index (χ0v) is 15.0. The first-order valence-electron chi connectivity index (χ1n) is 9.38. The smallest absolute Gasteiger partial charge is 0.165 e. The second-order valence-electron chi connectivity index (χ2n) is 7.33. The number of aromatic nitrogens is 3. The third kappa shape index (κ3) is 2.95. The highest BCUT2D eigenvalue weighted by molar-refractivity contribution is 5.47. The van der Waals surface area contributed by atoms with Gasteiger partial charge in [0.05, 0.1) is 12.1 Å². The fourth-order valence-corrected chi connectivity index (χ4v) is 3.93. The third-order valence-electron chi connectivity index (χ3n) is 5.50. The highest BCUT2D eigenvalue weighted by Crippen LogP contribution is 2.41. The van der Waals surface area contributed by atoms with E-state index in [-0.39, 0.29) is 12.1 Å². The van der Waals surface area contributed by atoms with E-state index < -0.39 is 0 Å². The first-order valence-corrected chi connectivity index (χ1v) is 9.38. The molecule has 1 aromatic heterocycles. The topological polar surface area (TPSA) is 72.5 Å². The molecule has 1 saturated heterocycles. The van der Waals surface area contributed by atoms with E-state index in [1.807, 2.05) is 12.1 Å². The molecule has 26 heavy (non-hydrogen) atoms. The second kappa shape index (κ2) is 6.55. The minimum atomic E-state index is 0.181. The summed E-state index contributed by atoms with van der Waals surface area (Å²) in [5, 5.41) is 7.61. The number of rotatable bonds is 5. The number of aromatic amines is 1. The Hall–Kier alpha value is -2.12. The van der Waals surface area contributed by atoms with E-state index in [9.17, 15) is 0 Å². The van der Waals surface area contributed by atoms with Gasteiger partial charge in [-0.05, 0) is 25.3 Å². The van der Waals surface area contributed by atoms with Crippen LogP contribution in [0.2, 0.25) is 0 Å². The van der Waals surface area contributed by atoms with Gasteiger partial charge in [-0.3, -0.25) is 10.00 Å². The van der Waals surface area contributed by atoms with Crippen molar-refractivity contribution < 1.29 is 14.2 Å². The highest BCUT2D eigenvalue weighted by Gasteiger charge is 2.37. The number of nitrogens with zero attached hydrogens (tertiary/aromatic N) is 3. The molecule has 1 aliphatic carbocycles. The number of hydrogen-bond donors (Lipinski definition) is 1. The summed E-state index contributed by atoms with van der Waals surface area (Å²) in [7, 11) is 1.78. The lowest BCUT2D eigenvalue weighted by atomic mass is 10.1. The number of likely N-dealkylation sites (tertiary alicyclic amines) is 1. The molecule has 2 atom stereocenters. The highest BCUT2D eigenvalue weighted by atomic mass is 16.6. The molecule has 3 heterocycles. The van der Waals surface area contributed by atoms with Crippen LogP contribution >= 0.6 is 0 Å². The molecule has 0 spiro atoms. The van der Waals surface area contributed by atoms with Gasteiger partial charge in [-0.25, -0.2) is 4.98 Å². The Morgan fingerprint density at radius 1 is 1.27 bits per heavy atom. The monoisotopic (exact) mass is 356 g/mol. The Morgan fingerprint density at radius 3 is 3.00 bits per heavy atom. The molecule has 138 valence electrons. The Morgan fingerprint density at radius 2 is 2.15 bits per heavy atom. The normalized spacial score (nSPS) is 25.6. The van der Waals surface area contributed by atoms with E-state index in [0.717, 1.165) is 48.2 Å². The van der Waals surface area contributed by atoms with Gasteiger partial charge in [-0.15, -0.1) is 0 Å². The van der Waals surface area contributed by atoms with Crippen LogP contribution in [0.5, 0.6) is 11.5 Å². The molecule has 0 unspecified atom stereocenters. The van der Waals surface area contributed by atoms with Gasteiger partial charge in [-0.1, -0.05) is 12.1 Å². The summed E-state index contributed by atoms with van der Waals surface area (Å²) >= 11 is 0. The van der Waals surface area contributed by atoms with Gasteiger partial charge in [0.25, 0.3) is 0 Å². The molecular weight excluding hydrogens is 332 g/mol. The molecule has 2 aliphatic heterocycles. The van der Waals surface area contributed by atoms with Crippen LogP contribution in [0.3, 0.4) is 0 Å². The molecule has 2 aromatic rings. The average Bonchev–Trinajstić information content (AvgIpc) is 3.27. The van der Waals surface area contributed by atoms with E-state index in [1.165, 1.54) is 12.8 Å². The van der Waals surface area contributed by atoms with Crippen LogP contribution in [0.4, 0.5) is 0 Å². The third-order valence-corrected chi connectivity index (χ3v) is 5.50. The molecule has 2 fully saturated rings. The van der Waals surface area contributed by atoms with E-state index >= 15 is 0 Å². The number of para-hydroxylation sites is 1. The Labute approximate surface area is 152 Å². The van der Waals surface area contributed by atoms with Gasteiger partial charge in [0.2, 0.25) is 0 Å². The fraction of sp³-hybridized carbons (Fsp3) is 0.579. The molecule has 0 bridgehead atoms. The first kappa shape index (κ1) is 16.1.